The molecule has 0 aliphatic heterocycles. The van der Waals surface area contributed by atoms with E-state index in [1.807, 2.05) is 32.0 Å². The Morgan fingerprint density at radius 1 is 1.12 bits per heavy atom. The Morgan fingerprint density at radius 2 is 1.82 bits per heavy atom. The number of hydrogen-bond acceptors (Lipinski definition) is 7. The summed E-state index contributed by atoms with van der Waals surface area (Å²) in [7, 11) is 0. The Kier molecular flexibility index (Phi) is 10.5. The molecule has 10 heteroatoms. The second kappa shape index (κ2) is 14.1. The van der Waals surface area contributed by atoms with E-state index in [0.29, 0.717) is 41.5 Å². The molecule has 40 heavy (non-hydrogen) atoms. The van der Waals surface area contributed by atoms with Gasteiger partial charge in [-0.05, 0) is 81.3 Å². The van der Waals surface area contributed by atoms with E-state index in [1.165, 1.54) is 11.3 Å². The van der Waals surface area contributed by atoms with Crippen LogP contribution in [-0.2, 0) is 4.79 Å². The number of nitrogens with zero attached hydrogens (tertiary/aromatic N) is 3. The van der Waals surface area contributed by atoms with Crippen LogP contribution in [0.4, 0.5) is 5.13 Å². The number of carboxylic acids is 1. The van der Waals surface area contributed by atoms with Crippen LogP contribution in [-0.4, -0.2) is 52.9 Å². The van der Waals surface area contributed by atoms with Gasteiger partial charge in [-0.15, -0.1) is 10.2 Å². The molecule has 0 atom stereocenters. The monoisotopic (exact) mass is 584 g/mol. The van der Waals surface area contributed by atoms with E-state index in [2.05, 4.69) is 22.4 Å². The number of halogens is 1. The Bertz CT molecular complexity index is 1300. The minimum atomic E-state index is -0.680. The highest BCUT2D eigenvalue weighted by Crippen LogP contribution is 2.35. The lowest BCUT2D eigenvalue weighted by Crippen LogP contribution is -2.37. The van der Waals surface area contributed by atoms with Crippen molar-refractivity contribution in [2.24, 2.45) is 5.92 Å². The lowest BCUT2D eigenvalue weighted by atomic mass is 9.86. The number of amides is 1. The molecule has 0 unspecified atom stereocenters. The van der Waals surface area contributed by atoms with Gasteiger partial charge >= 0.3 is 5.97 Å². The van der Waals surface area contributed by atoms with E-state index >= 15 is 0 Å². The number of anilines is 1. The minimum Gasteiger partial charge on any atom is -0.492 e. The molecule has 1 aromatic heterocycles. The van der Waals surface area contributed by atoms with Gasteiger partial charge in [0.05, 0.1) is 16.5 Å². The standard InChI is InChI=1S/C30H37ClN4O4S/c1-4-5-15-35(28(36)24-8-6-7-9-25(24)31)30-34-33-27(40-30)22-17-19(2)26(20(3)18-22)39-16-14-32-23-12-10-21(11-13-23)29(37)38/h6-9,17-18,21,23,32H,4-5,10-16H2,1-3H3,(H,37,38). The molecule has 8 nitrogen and oxygen atoms in total. The molecule has 1 aliphatic carbocycles. The van der Waals surface area contributed by atoms with Gasteiger partial charge in [-0.25, -0.2) is 0 Å². The first kappa shape index (κ1) is 30.0. The molecular weight excluding hydrogens is 548 g/mol. The number of aryl methyl sites for hydroxylation is 2. The van der Waals surface area contributed by atoms with Gasteiger partial charge in [0.15, 0.2) is 0 Å². The van der Waals surface area contributed by atoms with E-state index in [4.69, 9.17) is 16.3 Å². The smallest absolute Gasteiger partial charge is 0.306 e. The van der Waals surface area contributed by atoms with Gasteiger partial charge in [0.1, 0.15) is 17.4 Å². The average molecular weight is 585 g/mol. The number of unbranched alkanes of at least 4 members (excludes halogenated alkanes) is 1. The highest BCUT2D eigenvalue weighted by molar-refractivity contribution is 7.18. The summed E-state index contributed by atoms with van der Waals surface area (Å²) < 4.78 is 6.13. The van der Waals surface area contributed by atoms with Crippen LogP contribution in [0.2, 0.25) is 5.02 Å². The van der Waals surface area contributed by atoms with Crippen molar-refractivity contribution in [3.8, 4) is 16.3 Å². The Balaban J connectivity index is 1.40. The summed E-state index contributed by atoms with van der Waals surface area (Å²) in [5.74, 6) is -0.213. The van der Waals surface area contributed by atoms with E-state index in [1.54, 1.807) is 23.1 Å². The van der Waals surface area contributed by atoms with Crippen LogP contribution >= 0.6 is 22.9 Å². The molecular formula is C30H37ClN4O4S. The van der Waals surface area contributed by atoms with Crippen LogP contribution < -0.4 is 15.0 Å². The summed E-state index contributed by atoms with van der Waals surface area (Å²) in [6, 6.07) is 11.5. The molecule has 0 saturated heterocycles. The van der Waals surface area contributed by atoms with Crippen LogP contribution in [0.15, 0.2) is 36.4 Å². The number of hydrogen-bond donors (Lipinski definition) is 2. The highest BCUT2D eigenvalue weighted by Gasteiger charge is 2.26. The third kappa shape index (κ3) is 7.38. The second-order valence-electron chi connectivity index (χ2n) is 10.3. The van der Waals surface area contributed by atoms with Gasteiger partial charge in [0.2, 0.25) is 5.13 Å². The average Bonchev–Trinajstić information content (AvgIpc) is 3.43. The van der Waals surface area contributed by atoms with Crippen molar-refractivity contribution in [3.63, 3.8) is 0 Å². The largest absolute Gasteiger partial charge is 0.492 e. The first-order valence-electron chi connectivity index (χ1n) is 13.9. The number of carboxylic acid groups (broad SMARTS) is 1. The minimum absolute atomic E-state index is 0.179. The van der Waals surface area contributed by atoms with Crippen molar-refractivity contribution in [2.75, 3.05) is 24.6 Å². The zero-order valence-corrected chi connectivity index (χ0v) is 24.9. The highest BCUT2D eigenvalue weighted by atomic mass is 35.5. The molecule has 1 heterocycles. The summed E-state index contributed by atoms with van der Waals surface area (Å²) in [4.78, 5) is 26.2. The van der Waals surface area contributed by atoms with Gasteiger partial charge < -0.3 is 15.2 Å². The third-order valence-corrected chi connectivity index (χ3v) is 8.62. The second-order valence-corrected chi connectivity index (χ2v) is 11.7. The summed E-state index contributed by atoms with van der Waals surface area (Å²) in [6.07, 6.45) is 5.00. The normalized spacial score (nSPS) is 17.0. The topological polar surface area (TPSA) is 105 Å². The first-order chi connectivity index (χ1) is 19.3. The zero-order valence-electron chi connectivity index (χ0n) is 23.3. The summed E-state index contributed by atoms with van der Waals surface area (Å²) in [6.45, 7) is 7.89. The van der Waals surface area contributed by atoms with Crippen LogP contribution in [0.3, 0.4) is 0 Å². The number of carbonyl (C=O) groups excluding carboxylic acids is 1. The van der Waals surface area contributed by atoms with Gasteiger partial charge in [-0.1, -0.05) is 48.4 Å². The molecule has 2 N–H and O–H groups in total. The molecule has 1 fully saturated rings. The maximum atomic E-state index is 13.4. The van der Waals surface area contributed by atoms with Gasteiger partial charge in [0.25, 0.3) is 5.91 Å². The fourth-order valence-electron chi connectivity index (χ4n) is 5.08. The molecule has 1 aliphatic rings. The maximum Gasteiger partial charge on any atom is 0.306 e. The van der Waals surface area contributed by atoms with Crippen molar-refractivity contribution in [1.82, 2.24) is 15.5 Å². The SMILES string of the molecule is CCCCN(C(=O)c1ccccc1Cl)c1nnc(-c2cc(C)c(OCCNC3CCC(C(=O)O)CC3)c(C)c2)s1. The number of aromatic nitrogens is 2. The van der Waals surface area contributed by atoms with Crippen LogP contribution in [0.1, 0.15) is 66.9 Å². The van der Waals surface area contributed by atoms with E-state index < -0.39 is 5.97 Å². The molecule has 1 amide bonds. The molecule has 2 aromatic carbocycles. The van der Waals surface area contributed by atoms with E-state index in [9.17, 15) is 14.7 Å². The molecule has 1 saturated carbocycles. The third-order valence-electron chi connectivity index (χ3n) is 7.30. The Morgan fingerprint density at radius 3 is 2.48 bits per heavy atom. The molecule has 4 rings (SSSR count). The lowest BCUT2D eigenvalue weighted by Gasteiger charge is -2.27. The number of benzene rings is 2. The maximum absolute atomic E-state index is 13.4. The molecule has 0 bridgehead atoms. The van der Waals surface area contributed by atoms with Crippen molar-refractivity contribution in [1.29, 1.82) is 0 Å². The summed E-state index contributed by atoms with van der Waals surface area (Å²) >= 11 is 7.71. The summed E-state index contributed by atoms with van der Waals surface area (Å²) in [5, 5.41) is 23.2. The number of aliphatic carboxylic acids is 1. The van der Waals surface area contributed by atoms with Crippen molar-refractivity contribution in [3.05, 3.63) is 58.1 Å². The fraction of sp³-hybridized carbons (Fsp3) is 0.467. The quantitative estimate of drug-likeness (QED) is 0.233. The van der Waals surface area contributed by atoms with Crippen molar-refractivity contribution >= 4 is 39.9 Å². The van der Waals surface area contributed by atoms with Crippen LogP contribution in [0.25, 0.3) is 10.6 Å². The number of carbonyl (C=O) groups is 2. The van der Waals surface area contributed by atoms with Gasteiger partial charge in [0, 0.05) is 24.7 Å². The van der Waals surface area contributed by atoms with Crippen LogP contribution in [0, 0.1) is 19.8 Å². The van der Waals surface area contributed by atoms with Crippen molar-refractivity contribution in [2.45, 2.75) is 65.3 Å². The molecule has 0 radical (unpaired) electrons. The lowest BCUT2D eigenvalue weighted by molar-refractivity contribution is -0.142. The van der Waals surface area contributed by atoms with Gasteiger partial charge in [-0.3, -0.25) is 14.5 Å². The number of nitrogens with one attached hydrogen (secondary N) is 1. The van der Waals surface area contributed by atoms with Gasteiger partial charge in [-0.2, -0.15) is 0 Å². The van der Waals surface area contributed by atoms with E-state index in [0.717, 1.165) is 66.0 Å². The zero-order chi connectivity index (χ0) is 28.6. The summed E-state index contributed by atoms with van der Waals surface area (Å²) in [5.41, 5.74) is 3.39. The fourth-order valence-corrected chi connectivity index (χ4v) is 6.16. The molecule has 214 valence electrons. The molecule has 0 spiro atoms. The molecule has 3 aromatic rings. The predicted octanol–water partition coefficient (Wildman–Crippen LogP) is 6.53. The van der Waals surface area contributed by atoms with Crippen LogP contribution in [0.5, 0.6) is 5.75 Å². The first-order valence-corrected chi connectivity index (χ1v) is 15.1. The number of rotatable bonds is 12. The van der Waals surface area contributed by atoms with Crippen molar-refractivity contribution < 1.29 is 19.4 Å². The number of ether oxygens (including phenoxy) is 1. The van der Waals surface area contributed by atoms with E-state index in [-0.39, 0.29) is 11.8 Å². The predicted molar refractivity (Wildman–Crippen MR) is 160 cm³/mol. The Labute approximate surface area is 244 Å². The Hall–Kier alpha value is -3.01.